The van der Waals surface area contributed by atoms with Crippen molar-refractivity contribution in [1.29, 1.82) is 0 Å². The summed E-state index contributed by atoms with van der Waals surface area (Å²) in [6.45, 7) is 1.24. The van der Waals surface area contributed by atoms with Gasteiger partial charge in [-0.3, -0.25) is 4.57 Å². The molecule has 0 aliphatic carbocycles. The van der Waals surface area contributed by atoms with Crippen LogP contribution in [0.3, 0.4) is 0 Å². The molecule has 6 nitrogen and oxygen atoms in total. The number of nitrogens with zero attached hydrogens (tertiary/aromatic N) is 5. The first-order chi connectivity index (χ1) is 15.1. The monoisotopic (exact) mass is 455 g/mol. The third kappa shape index (κ3) is 6.38. The van der Waals surface area contributed by atoms with Gasteiger partial charge in [-0.15, -0.1) is 10.2 Å². The van der Waals surface area contributed by atoms with Crippen molar-refractivity contribution in [2.45, 2.75) is 39.0 Å². The van der Waals surface area contributed by atoms with Crippen molar-refractivity contribution in [3.05, 3.63) is 65.1 Å². The zero-order valence-corrected chi connectivity index (χ0v) is 17.5. The second-order valence-electron chi connectivity index (χ2n) is 7.21. The molecule has 172 valence electrons. The van der Waals surface area contributed by atoms with Crippen LogP contribution in [0.2, 0.25) is 0 Å². The molecule has 0 aliphatic heterocycles. The molecule has 32 heavy (non-hydrogen) atoms. The van der Waals surface area contributed by atoms with E-state index in [2.05, 4.69) is 19.9 Å². The molecular weight excluding hydrogens is 433 g/mol. The Labute approximate surface area is 181 Å². The molecule has 0 spiro atoms. The van der Waals surface area contributed by atoms with Crippen molar-refractivity contribution in [2.24, 2.45) is 0 Å². The first-order valence-corrected chi connectivity index (χ1v) is 9.87. The normalized spacial score (nSPS) is 11.6. The molecule has 0 atom stereocenters. The maximum Gasteiger partial charge on any atom is 0.422 e. The molecule has 0 unspecified atom stereocenters. The van der Waals surface area contributed by atoms with Crippen LogP contribution >= 0.6 is 0 Å². The van der Waals surface area contributed by atoms with Crippen LogP contribution < -0.4 is 9.64 Å². The molecule has 3 aromatic rings. The van der Waals surface area contributed by atoms with E-state index in [0.717, 1.165) is 17.5 Å². The quantitative estimate of drug-likeness (QED) is 0.450. The van der Waals surface area contributed by atoms with Gasteiger partial charge < -0.3 is 9.64 Å². The molecule has 0 aliphatic rings. The first kappa shape index (κ1) is 23.4. The number of aryl methyl sites for hydroxylation is 2. The van der Waals surface area contributed by atoms with Crippen LogP contribution in [0.15, 0.2) is 36.5 Å². The van der Waals surface area contributed by atoms with Crippen LogP contribution in [0.5, 0.6) is 5.88 Å². The third-order valence-electron chi connectivity index (χ3n) is 4.61. The van der Waals surface area contributed by atoms with E-state index in [1.165, 1.54) is 24.4 Å². The van der Waals surface area contributed by atoms with Crippen molar-refractivity contribution in [1.82, 2.24) is 19.7 Å². The van der Waals surface area contributed by atoms with E-state index in [-0.39, 0.29) is 12.4 Å². The molecule has 2 heterocycles. The summed E-state index contributed by atoms with van der Waals surface area (Å²) in [5.41, 5.74) is 1.25. The Hall–Kier alpha value is -3.24. The Kier molecular flexibility index (Phi) is 7.26. The summed E-state index contributed by atoms with van der Waals surface area (Å²) < 4.78 is 70.2. The number of alkyl halides is 3. The van der Waals surface area contributed by atoms with Crippen molar-refractivity contribution in [3.63, 3.8) is 0 Å². The summed E-state index contributed by atoms with van der Waals surface area (Å²) in [6.07, 6.45) is -1.82. The number of ether oxygens (including phenoxy) is 1. The predicted molar refractivity (Wildman–Crippen MR) is 107 cm³/mol. The van der Waals surface area contributed by atoms with Gasteiger partial charge in [-0.2, -0.15) is 13.2 Å². The van der Waals surface area contributed by atoms with Gasteiger partial charge in [0.1, 0.15) is 17.5 Å². The van der Waals surface area contributed by atoms with Gasteiger partial charge in [-0.25, -0.2) is 13.8 Å². The zero-order chi connectivity index (χ0) is 23.3. The second-order valence-corrected chi connectivity index (χ2v) is 7.21. The predicted octanol–water partition coefficient (Wildman–Crippen LogP) is 4.33. The van der Waals surface area contributed by atoms with E-state index in [0.29, 0.717) is 30.9 Å². The number of pyridine rings is 1. The fourth-order valence-electron chi connectivity index (χ4n) is 3.19. The van der Waals surface area contributed by atoms with Crippen LogP contribution in [0.25, 0.3) is 0 Å². The van der Waals surface area contributed by atoms with E-state index in [4.69, 9.17) is 0 Å². The van der Waals surface area contributed by atoms with Gasteiger partial charge in [0, 0.05) is 44.9 Å². The first-order valence-electron chi connectivity index (χ1n) is 9.87. The second kappa shape index (κ2) is 9.92. The van der Waals surface area contributed by atoms with Gasteiger partial charge in [0.05, 0.1) is 0 Å². The lowest BCUT2D eigenvalue weighted by Crippen LogP contribution is -2.22. The fraction of sp³-hybridized carbons (Fsp3) is 0.381. The van der Waals surface area contributed by atoms with Gasteiger partial charge >= 0.3 is 6.18 Å². The number of rotatable bonds is 9. The molecule has 0 amide bonds. The summed E-state index contributed by atoms with van der Waals surface area (Å²) in [7, 11) is 1.75. The zero-order valence-electron chi connectivity index (χ0n) is 17.5. The van der Waals surface area contributed by atoms with Gasteiger partial charge in [0.15, 0.2) is 6.61 Å². The number of hydrogen-bond donors (Lipinski definition) is 0. The number of halogens is 5. The van der Waals surface area contributed by atoms with Crippen LogP contribution in [-0.2, 0) is 25.9 Å². The standard InChI is InChI=1S/C21H22F5N5O/c1-3-18-28-29-20(30(2)12-15-8-16(22)10-17(23)9-15)31(18)7-6-14-4-5-19(27-11-14)32-13-21(24,25)26/h4-5,8-11H,3,6-7,12-13H2,1-2H3. The summed E-state index contributed by atoms with van der Waals surface area (Å²) in [4.78, 5) is 5.65. The van der Waals surface area contributed by atoms with E-state index < -0.39 is 24.4 Å². The Morgan fingerprint density at radius 2 is 1.75 bits per heavy atom. The Bertz CT molecular complexity index is 1020. The van der Waals surface area contributed by atoms with Crippen molar-refractivity contribution in [2.75, 3.05) is 18.6 Å². The van der Waals surface area contributed by atoms with Crippen molar-refractivity contribution in [3.8, 4) is 5.88 Å². The minimum absolute atomic E-state index is 0.104. The average molecular weight is 455 g/mol. The highest BCUT2D eigenvalue weighted by atomic mass is 19.4. The molecule has 0 N–H and O–H groups in total. The summed E-state index contributed by atoms with van der Waals surface area (Å²) >= 11 is 0. The molecule has 2 aromatic heterocycles. The molecule has 3 rings (SSSR count). The van der Waals surface area contributed by atoms with Crippen LogP contribution in [0.4, 0.5) is 27.9 Å². The molecule has 0 saturated heterocycles. The van der Waals surface area contributed by atoms with Gasteiger partial charge in [0.25, 0.3) is 0 Å². The van der Waals surface area contributed by atoms with E-state index >= 15 is 0 Å². The number of anilines is 1. The lowest BCUT2D eigenvalue weighted by Gasteiger charge is -2.20. The number of benzene rings is 1. The van der Waals surface area contributed by atoms with Gasteiger partial charge in [-0.05, 0) is 29.7 Å². The minimum Gasteiger partial charge on any atom is -0.468 e. The van der Waals surface area contributed by atoms with Gasteiger partial charge in [0.2, 0.25) is 11.8 Å². The molecule has 0 fully saturated rings. The van der Waals surface area contributed by atoms with E-state index in [9.17, 15) is 22.0 Å². The summed E-state index contributed by atoms with van der Waals surface area (Å²) in [6, 6.07) is 6.37. The van der Waals surface area contributed by atoms with Crippen LogP contribution in [0.1, 0.15) is 23.9 Å². The van der Waals surface area contributed by atoms with Crippen molar-refractivity contribution < 1.29 is 26.7 Å². The fourth-order valence-corrected chi connectivity index (χ4v) is 3.19. The molecule has 11 heteroatoms. The molecule has 0 bridgehead atoms. The Morgan fingerprint density at radius 3 is 2.34 bits per heavy atom. The summed E-state index contributed by atoms with van der Waals surface area (Å²) in [5, 5.41) is 8.40. The lowest BCUT2D eigenvalue weighted by molar-refractivity contribution is -0.154. The third-order valence-corrected chi connectivity index (χ3v) is 4.61. The van der Waals surface area contributed by atoms with E-state index in [1.54, 1.807) is 18.0 Å². The SMILES string of the molecule is CCc1nnc(N(C)Cc2cc(F)cc(F)c2)n1CCc1ccc(OCC(F)(F)F)nc1. The topological polar surface area (TPSA) is 56.1 Å². The molecule has 0 radical (unpaired) electrons. The maximum absolute atomic E-state index is 13.5. The average Bonchev–Trinajstić information content (AvgIpc) is 3.13. The Balaban J connectivity index is 1.68. The molecule has 0 saturated carbocycles. The smallest absolute Gasteiger partial charge is 0.422 e. The minimum atomic E-state index is -4.43. The number of hydrogen-bond acceptors (Lipinski definition) is 5. The van der Waals surface area contributed by atoms with Crippen LogP contribution in [-0.4, -0.2) is 39.6 Å². The van der Waals surface area contributed by atoms with Gasteiger partial charge in [-0.1, -0.05) is 13.0 Å². The number of aromatic nitrogens is 4. The molecule has 1 aromatic carbocycles. The maximum atomic E-state index is 13.5. The lowest BCUT2D eigenvalue weighted by atomic mass is 10.2. The van der Waals surface area contributed by atoms with Crippen LogP contribution in [0, 0.1) is 11.6 Å². The highest BCUT2D eigenvalue weighted by molar-refractivity contribution is 5.33. The highest BCUT2D eigenvalue weighted by Crippen LogP contribution is 2.20. The Morgan fingerprint density at radius 1 is 1.03 bits per heavy atom. The van der Waals surface area contributed by atoms with Crippen molar-refractivity contribution >= 4 is 5.95 Å². The molecular formula is C21H22F5N5O. The van der Waals surface area contributed by atoms with E-state index in [1.807, 2.05) is 11.5 Å². The largest absolute Gasteiger partial charge is 0.468 e. The summed E-state index contributed by atoms with van der Waals surface area (Å²) in [5.74, 6) is -0.147. The highest BCUT2D eigenvalue weighted by Gasteiger charge is 2.28.